The molecule has 0 atom stereocenters. The first-order valence-electron chi connectivity index (χ1n) is 0.861. The Morgan fingerprint density at radius 1 is 1.29 bits per heavy atom. The van der Waals surface area contributed by atoms with E-state index in [-0.39, 0.29) is 103 Å². The summed E-state index contributed by atoms with van der Waals surface area (Å²) in [6.45, 7) is 0. The van der Waals surface area contributed by atoms with Gasteiger partial charge in [-0.1, -0.05) is 4.53 Å². The number of halogens is 1. The van der Waals surface area contributed by atoms with E-state index in [9.17, 15) is 4.53 Å². The van der Waals surface area contributed by atoms with E-state index >= 15 is 0 Å². The molecule has 0 aliphatic heterocycles. The molecule has 0 heterocycles. The minimum atomic E-state index is -2.78. The maximum atomic E-state index is 9.99. The maximum Gasteiger partial charge on any atom is 1.00 e. The molecule has 0 bridgehead atoms. The van der Waals surface area contributed by atoms with Crippen LogP contribution in [0, 0.1) is 0 Å². The summed E-state index contributed by atoms with van der Waals surface area (Å²) in [6, 6.07) is 0. The topological polar surface area (TPSA) is 55.3 Å². The van der Waals surface area contributed by atoms with Gasteiger partial charge in [-0.05, 0) is 0 Å². The molecule has 0 aromatic rings. The van der Waals surface area contributed by atoms with Crippen LogP contribution in [0.4, 0.5) is 4.53 Å². The minimum absolute atomic E-state index is 0. The Kier molecular flexibility index (Phi) is 28.2. The molecule has 0 aliphatic rings. The Balaban J connectivity index is -0.0000000800. The summed E-state index contributed by atoms with van der Waals surface area (Å²) in [7, 11) is -2.78. The van der Waals surface area contributed by atoms with Gasteiger partial charge in [0.2, 0.25) is 0 Å². The first-order chi connectivity index (χ1) is 2.27. The summed E-state index contributed by atoms with van der Waals surface area (Å²) in [5.41, 5.74) is 0. The van der Waals surface area contributed by atoms with Crippen LogP contribution in [0.1, 0.15) is 0 Å². The van der Waals surface area contributed by atoms with Crippen molar-refractivity contribution < 1.29 is 122 Å². The van der Waals surface area contributed by atoms with Gasteiger partial charge >= 0.3 is 103 Å². The fourth-order valence-electron chi connectivity index (χ4n) is 0. The fourth-order valence-corrected chi connectivity index (χ4v) is 0. The van der Waals surface area contributed by atoms with Crippen LogP contribution < -0.4 is 113 Å². The SMILES string of the molecule is [K+].[K+].[O-]B([O-])OF. The minimum Gasteiger partial charge on any atom is -0.868 e. The van der Waals surface area contributed by atoms with Crippen molar-refractivity contribution in [2.45, 2.75) is 0 Å². The second kappa shape index (κ2) is 11.9. The van der Waals surface area contributed by atoms with Crippen LogP contribution in [-0.2, 0) is 4.86 Å². The molecule has 0 aromatic heterocycles. The number of hydrogen-bond acceptors (Lipinski definition) is 3. The molecule has 0 amide bonds. The van der Waals surface area contributed by atoms with Gasteiger partial charge in [-0.15, -0.1) is 0 Å². The molecular formula is BFK2O3. The van der Waals surface area contributed by atoms with Crippen LogP contribution >= 0.6 is 0 Å². The zero-order valence-corrected chi connectivity index (χ0v) is 10.4. The van der Waals surface area contributed by atoms with Crippen LogP contribution in [0.25, 0.3) is 0 Å². The molecular weight excluding hydrogens is 156 g/mol. The summed E-state index contributed by atoms with van der Waals surface area (Å²) in [5.74, 6) is 0. The molecule has 0 unspecified atom stereocenters. The van der Waals surface area contributed by atoms with Crippen LogP contribution in [0.2, 0.25) is 0 Å². The van der Waals surface area contributed by atoms with Gasteiger partial charge in [-0.25, -0.2) is 0 Å². The summed E-state index contributed by atoms with van der Waals surface area (Å²) in [5, 5.41) is 17.5. The van der Waals surface area contributed by atoms with E-state index in [4.69, 9.17) is 10.0 Å². The van der Waals surface area contributed by atoms with Crippen molar-refractivity contribution in [1.82, 2.24) is 0 Å². The Hall–Kier alpha value is 3.15. The Morgan fingerprint density at radius 3 is 1.43 bits per heavy atom. The molecule has 0 radical (unpaired) electrons. The van der Waals surface area contributed by atoms with Crippen LogP contribution in [0.3, 0.4) is 0 Å². The van der Waals surface area contributed by atoms with Gasteiger partial charge in [0.25, 0.3) is 0 Å². The zero-order valence-electron chi connectivity index (χ0n) is 4.18. The standard InChI is InChI=1S/BFO3.2K/c2-5-1(3)4;;/q-2;2*+1. The van der Waals surface area contributed by atoms with E-state index in [1.807, 2.05) is 0 Å². The van der Waals surface area contributed by atoms with Crippen molar-refractivity contribution in [2.75, 3.05) is 0 Å². The molecule has 0 spiro atoms. The Morgan fingerprint density at radius 2 is 1.43 bits per heavy atom. The van der Waals surface area contributed by atoms with Crippen molar-refractivity contribution in [2.24, 2.45) is 0 Å². The Bertz CT molecular complexity index is 26.9. The average molecular weight is 156 g/mol. The molecule has 3 nitrogen and oxygen atoms in total. The second-order valence-electron chi connectivity index (χ2n) is 0.378. The smallest absolute Gasteiger partial charge is 0.868 e. The van der Waals surface area contributed by atoms with Crippen molar-refractivity contribution in [1.29, 1.82) is 0 Å². The monoisotopic (exact) mass is 156 g/mol. The van der Waals surface area contributed by atoms with E-state index in [2.05, 4.69) is 4.86 Å². The molecule has 0 aliphatic carbocycles. The first kappa shape index (κ1) is 16.6. The van der Waals surface area contributed by atoms with Gasteiger partial charge in [0.15, 0.2) is 0 Å². The third kappa shape index (κ3) is 17.6. The van der Waals surface area contributed by atoms with Gasteiger partial charge in [0.05, 0.1) is 0 Å². The van der Waals surface area contributed by atoms with Crippen molar-refractivity contribution in [3.05, 3.63) is 0 Å². The van der Waals surface area contributed by atoms with Crippen LogP contribution in [0.5, 0.6) is 0 Å². The molecule has 0 saturated carbocycles. The summed E-state index contributed by atoms with van der Waals surface area (Å²) in [6.07, 6.45) is 0. The third-order valence-electron chi connectivity index (χ3n) is 0.0727. The number of rotatable bonds is 1. The van der Waals surface area contributed by atoms with E-state index in [0.29, 0.717) is 0 Å². The second-order valence-corrected chi connectivity index (χ2v) is 0.378. The van der Waals surface area contributed by atoms with E-state index in [1.165, 1.54) is 0 Å². The fraction of sp³-hybridized carbons (Fsp3) is 0. The first-order valence-corrected chi connectivity index (χ1v) is 0.861. The van der Waals surface area contributed by atoms with Crippen LogP contribution in [0.15, 0.2) is 0 Å². The molecule has 0 N–H and O–H groups in total. The normalized spacial score (nSPS) is 5.57. The van der Waals surface area contributed by atoms with Gasteiger partial charge in [0, 0.05) is 0 Å². The molecule has 30 valence electrons. The van der Waals surface area contributed by atoms with Crippen molar-refractivity contribution in [3.8, 4) is 0 Å². The van der Waals surface area contributed by atoms with Gasteiger partial charge in [-0.2, -0.15) is 0 Å². The molecule has 0 saturated heterocycles. The third-order valence-corrected chi connectivity index (χ3v) is 0.0727. The molecule has 0 fully saturated rings. The Labute approximate surface area is 126 Å². The van der Waals surface area contributed by atoms with Crippen molar-refractivity contribution >= 4 is 7.32 Å². The average Bonchev–Trinajstić information content (AvgIpc) is 1.38. The molecule has 0 rings (SSSR count). The largest absolute Gasteiger partial charge is 1.00 e. The van der Waals surface area contributed by atoms with Crippen molar-refractivity contribution in [3.63, 3.8) is 0 Å². The predicted molar refractivity (Wildman–Crippen MR) is 7.95 cm³/mol. The predicted octanol–water partition coefficient (Wildman–Crippen LogP) is -8.40. The molecule has 7 heavy (non-hydrogen) atoms. The van der Waals surface area contributed by atoms with Crippen LogP contribution in [-0.4, -0.2) is 7.32 Å². The van der Waals surface area contributed by atoms with E-state index in [0.717, 1.165) is 0 Å². The number of hydrogen-bond donors (Lipinski definition) is 0. The molecule has 7 heteroatoms. The quantitative estimate of drug-likeness (QED) is 0.354. The van der Waals surface area contributed by atoms with Gasteiger partial charge < -0.3 is 14.9 Å². The van der Waals surface area contributed by atoms with E-state index in [1.54, 1.807) is 0 Å². The van der Waals surface area contributed by atoms with Gasteiger partial charge in [-0.3, -0.25) is 0 Å². The summed E-state index contributed by atoms with van der Waals surface area (Å²) in [4.78, 5) is 2.14. The van der Waals surface area contributed by atoms with E-state index < -0.39 is 7.32 Å². The van der Waals surface area contributed by atoms with Gasteiger partial charge in [0.1, 0.15) is 7.32 Å². The molecule has 0 aromatic carbocycles. The summed E-state index contributed by atoms with van der Waals surface area (Å²) < 4.78 is 9.99. The zero-order chi connectivity index (χ0) is 4.28. The summed E-state index contributed by atoms with van der Waals surface area (Å²) >= 11 is 0. The maximum absolute atomic E-state index is 9.99.